The number of carbonyl (C=O) groups excluding carboxylic acids is 1. The molecule has 0 aliphatic rings. The number of rotatable bonds is 11. The predicted octanol–water partition coefficient (Wildman–Crippen LogP) is 1.10. The molecule has 0 aliphatic carbocycles. The van der Waals surface area contributed by atoms with Crippen molar-refractivity contribution in [2.45, 2.75) is 32.6 Å². The van der Waals surface area contributed by atoms with Crippen molar-refractivity contribution >= 4 is 6.03 Å². The normalized spacial score (nSPS) is 10.2. The molecule has 0 aromatic heterocycles. The number of amides is 2. The maximum atomic E-state index is 11.2. The molecule has 0 bridgehead atoms. The fourth-order valence-corrected chi connectivity index (χ4v) is 1.27. The zero-order chi connectivity index (χ0) is 12.8. The van der Waals surface area contributed by atoms with Gasteiger partial charge in [-0.15, -0.1) is 0 Å². The second-order valence-corrected chi connectivity index (χ2v) is 3.96. The average molecular weight is 245 g/mol. The van der Waals surface area contributed by atoms with Gasteiger partial charge in [-0.3, -0.25) is 0 Å². The summed E-state index contributed by atoms with van der Waals surface area (Å²) in [6, 6.07) is -0.0753. The SMILES string of the molecule is CCCCNC(=O)NCCCOCCCNC. The summed E-state index contributed by atoms with van der Waals surface area (Å²) in [5.41, 5.74) is 0. The van der Waals surface area contributed by atoms with Crippen LogP contribution in [0.15, 0.2) is 0 Å². The summed E-state index contributed by atoms with van der Waals surface area (Å²) in [4.78, 5) is 11.2. The monoisotopic (exact) mass is 245 g/mol. The minimum absolute atomic E-state index is 0.0753. The van der Waals surface area contributed by atoms with Crippen molar-refractivity contribution in [1.82, 2.24) is 16.0 Å². The molecule has 5 heteroatoms. The lowest BCUT2D eigenvalue weighted by atomic mass is 10.3. The zero-order valence-electron chi connectivity index (χ0n) is 11.2. The van der Waals surface area contributed by atoms with E-state index in [1.807, 2.05) is 7.05 Å². The first kappa shape index (κ1) is 16.2. The van der Waals surface area contributed by atoms with E-state index in [0.29, 0.717) is 13.2 Å². The summed E-state index contributed by atoms with van der Waals surface area (Å²) >= 11 is 0. The topological polar surface area (TPSA) is 62.4 Å². The van der Waals surface area contributed by atoms with Gasteiger partial charge in [0.05, 0.1) is 0 Å². The van der Waals surface area contributed by atoms with Gasteiger partial charge in [-0.25, -0.2) is 4.79 Å². The molecular weight excluding hydrogens is 218 g/mol. The van der Waals surface area contributed by atoms with Crippen LogP contribution in [0.2, 0.25) is 0 Å². The van der Waals surface area contributed by atoms with E-state index < -0.39 is 0 Å². The van der Waals surface area contributed by atoms with E-state index in [1.54, 1.807) is 0 Å². The first-order chi connectivity index (χ1) is 8.31. The highest BCUT2D eigenvalue weighted by Crippen LogP contribution is 1.85. The van der Waals surface area contributed by atoms with Gasteiger partial charge < -0.3 is 20.7 Å². The third kappa shape index (κ3) is 13.1. The lowest BCUT2D eigenvalue weighted by Gasteiger charge is -2.07. The maximum Gasteiger partial charge on any atom is 0.314 e. The summed E-state index contributed by atoms with van der Waals surface area (Å²) in [7, 11) is 1.93. The number of hydrogen-bond donors (Lipinski definition) is 3. The molecule has 2 amide bonds. The van der Waals surface area contributed by atoms with Gasteiger partial charge in [0, 0.05) is 26.3 Å². The van der Waals surface area contributed by atoms with Crippen molar-refractivity contribution in [2.24, 2.45) is 0 Å². The second-order valence-electron chi connectivity index (χ2n) is 3.96. The minimum atomic E-state index is -0.0753. The molecule has 17 heavy (non-hydrogen) atoms. The first-order valence-electron chi connectivity index (χ1n) is 6.55. The van der Waals surface area contributed by atoms with Crippen LogP contribution in [0.25, 0.3) is 0 Å². The molecule has 0 aliphatic heterocycles. The zero-order valence-corrected chi connectivity index (χ0v) is 11.2. The lowest BCUT2D eigenvalue weighted by molar-refractivity contribution is 0.130. The number of nitrogens with one attached hydrogen (secondary N) is 3. The van der Waals surface area contributed by atoms with Crippen LogP contribution in [0.5, 0.6) is 0 Å². The summed E-state index contributed by atoms with van der Waals surface area (Å²) < 4.78 is 5.40. The Morgan fingerprint density at radius 3 is 2.18 bits per heavy atom. The highest BCUT2D eigenvalue weighted by atomic mass is 16.5. The molecule has 0 spiro atoms. The molecule has 3 N–H and O–H groups in total. The summed E-state index contributed by atoms with van der Waals surface area (Å²) in [5.74, 6) is 0. The van der Waals surface area contributed by atoms with E-state index in [-0.39, 0.29) is 6.03 Å². The molecule has 0 saturated carbocycles. The molecule has 0 rings (SSSR count). The molecule has 0 fully saturated rings. The Bertz CT molecular complexity index is 177. The van der Waals surface area contributed by atoms with Gasteiger partial charge in [0.25, 0.3) is 0 Å². The first-order valence-corrected chi connectivity index (χ1v) is 6.55. The highest BCUT2D eigenvalue weighted by molar-refractivity contribution is 5.73. The van der Waals surface area contributed by atoms with Crippen molar-refractivity contribution in [1.29, 1.82) is 0 Å². The van der Waals surface area contributed by atoms with Crippen LogP contribution in [0.1, 0.15) is 32.6 Å². The summed E-state index contributed by atoms with van der Waals surface area (Å²) in [5, 5.41) is 8.67. The highest BCUT2D eigenvalue weighted by Gasteiger charge is 1.97. The van der Waals surface area contributed by atoms with Crippen LogP contribution in [0.4, 0.5) is 4.79 Å². The Kier molecular flexibility index (Phi) is 12.6. The smallest absolute Gasteiger partial charge is 0.314 e. The number of carbonyl (C=O) groups is 1. The van der Waals surface area contributed by atoms with Crippen LogP contribution < -0.4 is 16.0 Å². The number of unbranched alkanes of at least 4 members (excludes halogenated alkanes) is 1. The third-order valence-electron chi connectivity index (χ3n) is 2.28. The van der Waals surface area contributed by atoms with Crippen molar-refractivity contribution in [3.63, 3.8) is 0 Å². The van der Waals surface area contributed by atoms with Crippen molar-refractivity contribution in [3.05, 3.63) is 0 Å². The van der Waals surface area contributed by atoms with E-state index in [2.05, 4.69) is 22.9 Å². The number of hydrogen-bond acceptors (Lipinski definition) is 3. The van der Waals surface area contributed by atoms with Crippen molar-refractivity contribution < 1.29 is 9.53 Å². The van der Waals surface area contributed by atoms with E-state index in [0.717, 1.165) is 45.4 Å². The molecule has 0 saturated heterocycles. The molecule has 0 unspecified atom stereocenters. The Morgan fingerprint density at radius 2 is 1.59 bits per heavy atom. The Morgan fingerprint density at radius 1 is 1.00 bits per heavy atom. The van der Waals surface area contributed by atoms with Crippen LogP contribution >= 0.6 is 0 Å². The number of ether oxygens (including phenoxy) is 1. The van der Waals surface area contributed by atoms with Gasteiger partial charge in [0.15, 0.2) is 0 Å². The van der Waals surface area contributed by atoms with Crippen LogP contribution in [-0.4, -0.2) is 45.9 Å². The Balaban J connectivity index is 3.08. The summed E-state index contributed by atoms with van der Waals surface area (Å²) in [6.45, 7) is 6.00. The molecule has 0 heterocycles. The van der Waals surface area contributed by atoms with Gasteiger partial charge >= 0.3 is 6.03 Å². The average Bonchev–Trinajstić information content (AvgIpc) is 2.33. The van der Waals surface area contributed by atoms with Crippen LogP contribution in [0, 0.1) is 0 Å². The molecular formula is C12H27N3O2. The largest absolute Gasteiger partial charge is 0.381 e. The van der Waals surface area contributed by atoms with E-state index >= 15 is 0 Å². The van der Waals surface area contributed by atoms with Gasteiger partial charge in [0.2, 0.25) is 0 Å². The standard InChI is InChI=1S/C12H27N3O2/c1-3-4-8-14-12(16)15-9-6-11-17-10-5-7-13-2/h13H,3-11H2,1-2H3,(H2,14,15,16). The van der Waals surface area contributed by atoms with Crippen molar-refractivity contribution in [3.8, 4) is 0 Å². The quantitative estimate of drug-likeness (QED) is 0.478. The number of urea groups is 1. The maximum absolute atomic E-state index is 11.2. The molecule has 5 nitrogen and oxygen atoms in total. The molecule has 0 radical (unpaired) electrons. The fraction of sp³-hybridized carbons (Fsp3) is 0.917. The van der Waals surface area contributed by atoms with Gasteiger partial charge in [-0.05, 0) is 32.9 Å². The predicted molar refractivity (Wildman–Crippen MR) is 70.3 cm³/mol. The van der Waals surface area contributed by atoms with Gasteiger partial charge in [-0.1, -0.05) is 13.3 Å². The van der Waals surface area contributed by atoms with E-state index in [4.69, 9.17) is 4.74 Å². The summed E-state index contributed by atoms with van der Waals surface area (Å²) in [6.07, 6.45) is 4.02. The minimum Gasteiger partial charge on any atom is -0.381 e. The van der Waals surface area contributed by atoms with Gasteiger partial charge in [-0.2, -0.15) is 0 Å². The third-order valence-corrected chi connectivity index (χ3v) is 2.28. The lowest BCUT2D eigenvalue weighted by Crippen LogP contribution is -2.36. The Hall–Kier alpha value is -0.810. The van der Waals surface area contributed by atoms with Gasteiger partial charge in [0.1, 0.15) is 0 Å². The van der Waals surface area contributed by atoms with E-state index in [1.165, 1.54) is 0 Å². The van der Waals surface area contributed by atoms with E-state index in [9.17, 15) is 4.79 Å². The fourth-order valence-electron chi connectivity index (χ4n) is 1.27. The Labute approximate surface area is 105 Å². The van der Waals surface area contributed by atoms with Crippen LogP contribution in [0.3, 0.4) is 0 Å². The molecule has 102 valence electrons. The van der Waals surface area contributed by atoms with Crippen LogP contribution in [-0.2, 0) is 4.74 Å². The molecule has 0 atom stereocenters. The molecule has 0 aromatic rings. The second kappa shape index (κ2) is 13.3. The van der Waals surface area contributed by atoms with Crippen molar-refractivity contribution in [2.75, 3.05) is 39.9 Å². The molecule has 0 aromatic carbocycles.